The second-order valence-electron chi connectivity index (χ2n) is 7.67. The molecule has 1 aliphatic heterocycles. The van der Waals surface area contributed by atoms with Gasteiger partial charge < -0.3 is 5.11 Å². The molecule has 1 aromatic heterocycles. The highest BCUT2D eigenvalue weighted by atomic mass is 32.1. The van der Waals surface area contributed by atoms with Gasteiger partial charge in [0.05, 0.1) is 15.8 Å². The lowest BCUT2D eigenvalue weighted by Gasteiger charge is -2.23. The van der Waals surface area contributed by atoms with Gasteiger partial charge in [0.1, 0.15) is 23.4 Å². The standard InChI is InChI=1S/C25H16F2N2O3S/c1-13-6-8-14(9-7-13)22(30)20-21(16-4-2-3-5-17(16)27)29(24(32)23(20)31)25-28-18-11-10-15(26)12-19(18)33-25/h2-12,21,30H,1H3/t21-/m0/s1. The number of nitrogens with zero attached hydrogens (tertiary/aromatic N) is 2. The van der Waals surface area contributed by atoms with Crippen LogP contribution in [0.4, 0.5) is 13.9 Å². The van der Waals surface area contributed by atoms with Crippen molar-refractivity contribution < 1.29 is 23.5 Å². The van der Waals surface area contributed by atoms with Crippen molar-refractivity contribution in [3.63, 3.8) is 0 Å². The lowest BCUT2D eigenvalue weighted by atomic mass is 9.95. The average Bonchev–Trinajstić information content (AvgIpc) is 3.32. The summed E-state index contributed by atoms with van der Waals surface area (Å²) in [7, 11) is 0. The van der Waals surface area contributed by atoms with Gasteiger partial charge in [-0.25, -0.2) is 13.8 Å². The van der Waals surface area contributed by atoms with E-state index in [2.05, 4.69) is 4.98 Å². The van der Waals surface area contributed by atoms with Crippen LogP contribution in [0.1, 0.15) is 22.7 Å². The predicted octanol–water partition coefficient (Wildman–Crippen LogP) is 5.51. The SMILES string of the molecule is Cc1ccc(C(O)=C2C(=O)C(=O)N(c3nc4ccc(F)cc4s3)[C@H]2c2ccccc2F)cc1. The molecule has 4 aromatic rings. The molecule has 1 amide bonds. The van der Waals surface area contributed by atoms with E-state index in [-0.39, 0.29) is 16.3 Å². The third-order valence-corrected chi connectivity index (χ3v) is 6.53. The van der Waals surface area contributed by atoms with Crippen LogP contribution in [0, 0.1) is 18.6 Å². The summed E-state index contributed by atoms with van der Waals surface area (Å²) in [5.41, 5.74) is 1.50. The van der Waals surface area contributed by atoms with E-state index in [0.717, 1.165) is 21.8 Å². The minimum Gasteiger partial charge on any atom is -0.507 e. The van der Waals surface area contributed by atoms with Gasteiger partial charge in [-0.2, -0.15) is 0 Å². The number of fused-ring (bicyclic) bond motifs is 1. The Labute approximate surface area is 191 Å². The number of aliphatic hydroxyl groups is 1. The van der Waals surface area contributed by atoms with Crippen molar-refractivity contribution in [2.75, 3.05) is 4.90 Å². The molecule has 1 fully saturated rings. The number of aromatic nitrogens is 1. The number of aryl methyl sites for hydroxylation is 1. The summed E-state index contributed by atoms with van der Waals surface area (Å²) in [4.78, 5) is 31.7. The lowest BCUT2D eigenvalue weighted by molar-refractivity contribution is -0.132. The van der Waals surface area contributed by atoms with Crippen molar-refractivity contribution in [1.29, 1.82) is 0 Å². The molecule has 1 aliphatic rings. The Kier molecular flexibility index (Phi) is 5.02. The number of rotatable bonds is 3. The van der Waals surface area contributed by atoms with E-state index < -0.39 is 35.1 Å². The van der Waals surface area contributed by atoms with Crippen LogP contribution in [0.25, 0.3) is 16.0 Å². The maximum Gasteiger partial charge on any atom is 0.301 e. The van der Waals surface area contributed by atoms with Gasteiger partial charge in [0, 0.05) is 11.1 Å². The number of Topliss-reactive ketones (excluding diaryl/α,β-unsaturated/α-hetero) is 1. The fourth-order valence-corrected chi connectivity index (χ4v) is 4.89. The number of anilines is 1. The first-order chi connectivity index (χ1) is 15.8. The number of thiazole rings is 1. The van der Waals surface area contributed by atoms with Crippen molar-refractivity contribution >= 4 is 44.1 Å². The smallest absolute Gasteiger partial charge is 0.301 e. The first-order valence-electron chi connectivity index (χ1n) is 10.0. The first kappa shape index (κ1) is 21.0. The van der Waals surface area contributed by atoms with Crippen LogP contribution in [0.5, 0.6) is 0 Å². The molecule has 8 heteroatoms. The Hall–Kier alpha value is -3.91. The van der Waals surface area contributed by atoms with E-state index in [1.54, 1.807) is 30.3 Å². The minimum atomic E-state index is -1.24. The summed E-state index contributed by atoms with van der Waals surface area (Å²) in [6.45, 7) is 1.87. The Balaban J connectivity index is 1.75. The van der Waals surface area contributed by atoms with Gasteiger partial charge in [0.2, 0.25) is 0 Å². The second kappa shape index (κ2) is 7.90. The van der Waals surface area contributed by atoms with Crippen molar-refractivity contribution in [2.24, 2.45) is 0 Å². The fourth-order valence-electron chi connectivity index (χ4n) is 3.88. The Bertz CT molecular complexity index is 1460. The fraction of sp³-hybridized carbons (Fsp3) is 0.0800. The van der Waals surface area contributed by atoms with Crippen LogP contribution in [0.3, 0.4) is 0 Å². The van der Waals surface area contributed by atoms with Gasteiger partial charge in [-0.1, -0.05) is 59.4 Å². The Morgan fingerprint density at radius 3 is 2.48 bits per heavy atom. The van der Waals surface area contributed by atoms with Gasteiger partial charge in [-0.3, -0.25) is 14.5 Å². The molecule has 0 spiro atoms. The predicted molar refractivity (Wildman–Crippen MR) is 122 cm³/mol. The quantitative estimate of drug-likeness (QED) is 0.248. The first-order valence-corrected chi connectivity index (χ1v) is 10.9. The molecule has 1 N–H and O–H groups in total. The molecule has 164 valence electrons. The second-order valence-corrected chi connectivity index (χ2v) is 8.67. The number of carbonyl (C=O) groups is 2. The van der Waals surface area contributed by atoms with E-state index in [1.165, 1.54) is 36.4 Å². The Morgan fingerprint density at radius 1 is 1.03 bits per heavy atom. The van der Waals surface area contributed by atoms with Gasteiger partial charge in [-0.05, 0) is 31.2 Å². The van der Waals surface area contributed by atoms with Crippen LogP contribution >= 0.6 is 11.3 Å². The van der Waals surface area contributed by atoms with Gasteiger partial charge in [-0.15, -0.1) is 0 Å². The number of halogens is 2. The number of hydrogen-bond donors (Lipinski definition) is 1. The number of hydrogen-bond acceptors (Lipinski definition) is 5. The van der Waals surface area contributed by atoms with E-state index in [9.17, 15) is 23.5 Å². The monoisotopic (exact) mass is 462 g/mol. The Morgan fingerprint density at radius 2 is 1.76 bits per heavy atom. The van der Waals surface area contributed by atoms with Crippen LogP contribution < -0.4 is 4.90 Å². The van der Waals surface area contributed by atoms with E-state index >= 15 is 0 Å². The number of aliphatic hydroxyl groups excluding tert-OH is 1. The minimum absolute atomic E-state index is 0.0378. The number of carbonyl (C=O) groups excluding carboxylic acids is 2. The number of amides is 1. The van der Waals surface area contributed by atoms with Crippen LogP contribution in [-0.4, -0.2) is 21.8 Å². The summed E-state index contributed by atoms with van der Waals surface area (Å²) in [5.74, 6) is -3.42. The number of ketones is 1. The van der Waals surface area contributed by atoms with Crippen LogP contribution in [0.2, 0.25) is 0 Å². The molecule has 5 rings (SSSR count). The zero-order valence-electron chi connectivity index (χ0n) is 17.3. The lowest BCUT2D eigenvalue weighted by Crippen LogP contribution is -2.29. The van der Waals surface area contributed by atoms with Gasteiger partial charge in [0.25, 0.3) is 5.78 Å². The molecular weight excluding hydrogens is 446 g/mol. The summed E-state index contributed by atoms with van der Waals surface area (Å²) in [6.07, 6.45) is 0. The molecule has 1 atom stereocenters. The maximum atomic E-state index is 14.9. The average molecular weight is 462 g/mol. The molecule has 0 saturated carbocycles. The summed E-state index contributed by atoms with van der Waals surface area (Å²) >= 11 is 1.01. The summed E-state index contributed by atoms with van der Waals surface area (Å²) in [6, 6.07) is 15.2. The molecule has 1 saturated heterocycles. The largest absolute Gasteiger partial charge is 0.507 e. The molecule has 0 aliphatic carbocycles. The summed E-state index contributed by atoms with van der Waals surface area (Å²) < 4.78 is 29.1. The number of benzene rings is 3. The molecule has 3 aromatic carbocycles. The molecule has 0 unspecified atom stereocenters. The van der Waals surface area contributed by atoms with E-state index in [0.29, 0.717) is 15.8 Å². The maximum absolute atomic E-state index is 14.9. The topological polar surface area (TPSA) is 70.5 Å². The van der Waals surface area contributed by atoms with E-state index in [4.69, 9.17) is 0 Å². The molecule has 2 heterocycles. The molecule has 0 radical (unpaired) electrons. The third-order valence-electron chi connectivity index (χ3n) is 5.51. The normalized spacial score (nSPS) is 17.8. The molecule has 0 bridgehead atoms. The van der Waals surface area contributed by atoms with Crippen molar-refractivity contribution in [3.05, 3.63) is 101 Å². The van der Waals surface area contributed by atoms with Crippen molar-refractivity contribution in [3.8, 4) is 0 Å². The van der Waals surface area contributed by atoms with Gasteiger partial charge >= 0.3 is 5.91 Å². The van der Waals surface area contributed by atoms with Crippen molar-refractivity contribution in [1.82, 2.24) is 4.98 Å². The van der Waals surface area contributed by atoms with Crippen LogP contribution in [0.15, 0.2) is 72.3 Å². The third kappa shape index (κ3) is 3.48. The highest BCUT2D eigenvalue weighted by molar-refractivity contribution is 7.22. The highest BCUT2D eigenvalue weighted by Crippen LogP contribution is 2.44. The molecule has 5 nitrogen and oxygen atoms in total. The van der Waals surface area contributed by atoms with E-state index in [1.807, 2.05) is 6.92 Å². The molecular formula is C25H16F2N2O3S. The summed E-state index contributed by atoms with van der Waals surface area (Å²) in [5, 5.41) is 11.2. The van der Waals surface area contributed by atoms with Gasteiger partial charge in [0.15, 0.2) is 5.13 Å². The van der Waals surface area contributed by atoms with Crippen LogP contribution in [-0.2, 0) is 9.59 Å². The zero-order valence-corrected chi connectivity index (χ0v) is 18.1. The zero-order chi connectivity index (χ0) is 23.3. The molecule has 33 heavy (non-hydrogen) atoms. The highest BCUT2D eigenvalue weighted by Gasteiger charge is 2.49. The van der Waals surface area contributed by atoms with Crippen molar-refractivity contribution in [2.45, 2.75) is 13.0 Å².